The van der Waals surface area contributed by atoms with Gasteiger partial charge in [0.2, 0.25) is 0 Å². The van der Waals surface area contributed by atoms with Gasteiger partial charge in [0.05, 0.1) is 5.52 Å². The topological polar surface area (TPSA) is 46.1 Å². The summed E-state index contributed by atoms with van der Waals surface area (Å²) in [5.74, 6) is 0.505. The van der Waals surface area contributed by atoms with Crippen molar-refractivity contribution in [1.29, 1.82) is 0 Å². The molecule has 0 N–H and O–H groups in total. The van der Waals surface area contributed by atoms with E-state index in [1.54, 1.807) is 12.4 Å². The minimum Gasteiger partial charge on any atom is -0.339 e. The van der Waals surface area contributed by atoms with Gasteiger partial charge < -0.3 is 4.90 Å². The van der Waals surface area contributed by atoms with Gasteiger partial charge in [0.15, 0.2) is 0 Å². The molecule has 0 bridgehead atoms. The molecule has 0 aliphatic carbocycles. The van der Waals surface area contributed by atoms with Crippen LogP contribution in [0.5, 0.6) is 0 Å². The van der Waals surface area contributed by atoms with Crippen molar-refractivity contribution in [2.45, 2.75) is 32.6 Å². The van der Waals surface area contributed by atoms with Crippen LogP contribution in [-0.4, -0.2) is 33.9 Å². The van der Waals surface area contributed by atoms with Crippen molar-refractivity contribution in [3.63, 3.8) is 0 Å². The molecule has 1 aliphatic heterocycles. The van der Waals surface area contributed by atoms with Gasteiger partial charge in [-0.1, -0.05) is 38.1 Å². The van der Waals surface area contributed by atoms with Crippen LogP contribution in [0.1, 0.15) is 49.3 Å². The van der Waals surface area contributed by atoms with Crippen molar-refractivity contribution in [2.24, 2.45) is 0 Å². The van der Waals surface area contributed by atoms with Crippen molar-refractivity contribution in [1.82, 2.24) is 14.9 Å². The lowest BCUT2D eigenvalue weighted by Gasteiger charge is -2.18. The first-order valence-electron chi connectivity index (χ1n) is 12.0. The normalized spacial score (nSPS) is 14.2. The van der Waals surface area contributed by atoms with Gasteiger partial charge in [0, 0.05) is 48.2 Å². The van der Waals surface area contributed by atoms with Crippen LogP contribution in [0.25, 0.3) is 33.7 Å². The molecule has 4 nitrogen and oxygen atoms in total. The van der Waals surface area contributed by atoms with E-state index in [-0.39, 0.29) is 5.91 Å². The van der Waals surface area contributed by atoms with Crippen LogP contribution in [0.15, 0.2) is 79.3 Å². The summed E-state index contributed by atoms with van der Waals surface area (Å²) in [6.45, 7) is 6.07. The van der Waals surface area contributed by atoms with Crippen LogP contribution in [0, 0.1) is 0 Å². The van der Waals surface area contributed by atoms with Crippen molar-refractivity contribution in [3.05, 3.63) is 95.9 Å². The average Bonchev–Trinajstić information content (AvgIpc) is 3.42. The number of likely N-dealkylation sites (tertiary alicyclic amines) is 1. The molecule has 3 heterocycles. The van der Waals surface area contributed by atoms with E-state index in [9.17, 15) is 4.79 Å². The fourth-order valence-corrected chi connectivity index (χ4v) is 4.62. The Morgan fingerprint density at radius 1 is 0.941 bits per heavy atom. The zero-order chi connectivity index (χ0) is 23.5. The average molecular weight is 448 g/mol. The lowest BCUT2D eigenvalue weighted by atomic mass is 9.93. The van der Waals surface area contributed by atoms with E-state index in [1.165, 1.54) is 5.56 Å². The summed E-state index contributed by atoms with van der Waals surface area (Å²) in [7, 11) is 0. The Kier molecular flexibility index (Phi) is 6.22. The smallest absolute Gasteiger partial charge is 0.254 e. The maximum absolute atomic E-state index is 13.4. The van der Waals surface area contributed by atoms with Gasteiger partial charge in [-0.2, -0.15) is 0 Å². The van der Waals surface area contributed by atoms with E-state index < -0.39 is 0 Å². The molecule has 4 aromatic rings. The van der Waals surface area contributed by atoms with Crippen LogP contribution < -0.4 is 0 Å². The highest BCUT2D eigenvalue weighted by atomic mass is 16.2. The van der Waals surface area contributed by atoms with Gasteiger partial charge in [-0.05, 0) is 83.5 Å². The zero-order valence-electron chi connectivity index (χ0n) is 19.7. The van der Waals surface area contributed by atoms with Gasteiger partial charge >= 0.3 is 0 Å². The molecule has 0 spiro atoms. The summed E-state index contributed by atoms with van der Waals surface area (Å²) in [6.07, 6.45) is 9.48. The Hall–Kier alpha value is -3.79. The maximum Gasteiger partial charge on any atom is 0.254 e. The van der Waals surface area contributed by atoms with Crippen molar-refractivity contribution >= 4 is 28.5 Å². The summed E-state index contributed by atoms with van der Waals surface area (Å²) in [5, 5.41) is 1.14. The zero-order valence-corrected chi connectivity index (χ0v) is 19.7. The molecular weight excluding hydrogens is 418 g/mol. The van der Waals surface area contributed by atoms with Crippen molar-refractivity contribution in [3.8, 4) is 11.1 Å². The maximum atomic E-state index is 13.4. The van der Waals surface area contributed by atoms with E-state index >= 15 is 0 Å². The number of carbonyl (C=O) groups excluding carboxylic acids is 1. The molecule has 0 atom stereocenters. The van der Waals surface area contributed by atoms with E-state index in [1.807, 2.05) is 35.4 Å². The van der Waals surface area contributed by atoms with E-state index in [0.717, 1.165) is 59.1 Å². The van der Waals surface area contributed by atoms with Crippen LogP contribution in [0.4, 0.5) is 0 Å². The molecule has 1 amide bonds. The minimum absolute atomic E-state index is 0.0861. The molecule has 1 saturated heterocycles. The predicted octanol–water partition coefficient (Wildman–Crippen LogP) is 6.58. The highest BCUT2D eigenvalue weighted by Crippen LogP contribution is 2.33. The first kappa shape index (κ1) is 22.0. The molecule has 2 aromatic heterocycles. The first-order valence-corrected chi connectivity index (χ1v) is 12.0. The molecule has 0 radical (unpaired) electrons. The Bertz CT molecular complexity index is 1350. The van der Waals surface area contributed by atoms with Gasteiger partial charge in [0.1, 0.15) is 0 Å². The van der Waals surface area contributed by atoms with Crippen LogP contribution in [0.3, 0.4) is 0 Å². The number of carbonyl (C=O) groups is 1. The summed E-state index contributed by atoms with van der Waals surface area (Å²) in [6, 6.07) is 20.8. The fraction of sp³-hybridized carbons (Fsp3) is 0.233. The third-order valence-electron chi connectivity index (χ3n) is 6.52. The highest BCUT2D eigenvalue weighted by molar-refractivity contribution is 6.24. The Labute approximate surface area is 201 Å². The monoisotopic (exact) mass is 447 g/mol. The molecule has 4 heteroatoms. The summed E-state index contributed by atoms with van der Waals surface area (Å²) in [4.78, 5) is 24.2. The van der Waals surface area contributed by atoms with E-state index in [4.69, 9.17) is 4.98 Å². The number of pyridine rings is 2. The van der Waals surface area contributed by atoms with Crippen LogP contribution in [0.2, 0.25) is 0 Å². The third kappa shape index (κ3) is 4.49. The number of aromatic nitrogens is 2. The number of hydrogen-bond acceptors (Lipinski definition) is 3. The van der Waals surface area contributed by atoms with Gasteiger partial charge in [-0.15, -0.1) is 0 Å². The number of hydrogen-bond donors (Lipinski definition) is 0. The lowest BCUT2D eigenvalue weighted by molar-refractivity contribution is -0.123. The second-order valence-corrected chi connectivity index (χ2v) is 9.22. The molecule has 1 fully saturated rings. The molecule has 170 valence electrons. The second kappa shape index (κ2) is 9.60. The Morgan fingerprint density at radius 2 is 1.74 bits per heavy atom. The Morgan fingerprint density at radius 3 is 2.50 bits per heavy atom. The number of benzene rings is 2. The summed E-state index contributed by atoms with van der Waals surface area (Å²) in [5.41, 5.74) is 7.10. The number of rotatable bonds is 5. The molecule has 1 aliphatic rings. The van der Waals surface area contributed by atoms with Gasteiger partial charge in [0.25, 0.3) is 5.91 Å². The van der Waals surface area contributed by atoms with Crippen LogP contribution >= 0.6 is 0 Å². The molecule has 2 aromatic carbocycles. The predicted molar refractivity (Wildman–Crippen MR) is 139 cm³/mol. The first-order chi connectivity index (χ1) is 16.6. The molecule has 0 saturated carbocycles. The molecule has 5 rings (SSSR count). The summed E-state index contributed by atoms with van der Waals surface area (Å²) >= 11 is 0. The minimum atomic E-state index is 0.0861. The van der Waals surface area contributed by atoms with E-state index in [0.29, 0.717) is 11.5 Å². The van der Waals surface area contributed by atoms with Gasteiger partial charge in [-0.3, -0.25) is 14.8 Å². The molecular formula is C30H29N3O. The largest absolute Gasteiger partial charge is 0.339 e. The summed E-state index contributed by atoms with van der Waals surface area (Å²) < 4.78 is 0. The lowest BCUT2D eigenvalue weighted by Crippen LogP contribution is -2.28. The SMILES string of the molecule is CC(C)c1cc(-c2cccc(/C=C(/C(=O)N3CCCC3)c3ccncc3)c2)c2ncccc2c1. The van der Waals surface area contributed by atoms with Crippen molar-refractivity contribution < 1.29 is 4.79 Å². The van der Waals surface area contributed by atoms with Crippen molar-refractivity contribution in [2.75, 3.05) is 13.1 Å². The third-order valence-corrected chi connectivity index (χ3v) is 6.52. The molecule has 34 heavy (non-hydrogen) atoms. The quantitative estimate of drug-likeness (QED) is 0.325. The standard InChI is InChI=1S/C30H29N3O/c1-21(2)26-19-25-9-6-12-32-29(25)27(20-26)24-8-5-7-22(17-24)18-28(23-10-13-31-14-11-23)30(34)33-15-3-4-16-33/h5-14,17-21H,3-4,15-16H2,1-2H3/b28-18+. The van der Waals surface area contributed by atoms with Gasteiger partial charge in [-0.25, -0.2) is 0 Å². The second-order valence-electron chi connectivity index (χ2n) is 9.22. The highest BCUT2D eigenvalue weighted by Gasteiger charge is 2.22. The number of nitrogens with zero attached hydrogens (tertiary/aromatic N) is 3. The number of fused-ring (bicyclic) bond motifs is 1. The fourth-order valence-electron chi connectivity index (χ4n) is 4.62. The molecule has 0 unspecified atom stereocenters. The number of amides is 1. The Balaban J connectivity index is 1.62. The van der Waals surface area contributed by atoms with E-state index in [2.05, 4.69) is 61.3 Å². The van der Waals surface area contributed by atoms with Crippen LogP contribution in [-0.2, 0) is 4.79 Å².